The third-order valence-electron chi connectivity index (χ3n) is 2.92. The first kappa shape index (κ1) is 14.8. The Morgan fingerprint density at radius 2 is 2.15 bits per heavy atom. The van der Waals surface area contributed by atoms with Crippen molar-refractivity contribution in [3.8, 4) is 11.8 Å². The summed E-state index contributed by atoms with van der Waals surface area (Å²) in [5.41, 5.74) is 5.78. The van der Waals surface area contributed by atoms with Crippen LogP contribution in [0.25, 0.3) is 0 Å². The van der Waals surface area contributed by atoms with Crippen molar-refractivity contribution in [3.63, 3.8) is 0 Å². The van der Waals surface area contributed by atoms with Gasteiger partial charge in [-0.2, -0.15) is 0 Å². The van der Waals surface area contributed by atoms with Crippen LogP contribution in [0.5, 0.6) is 0 Å². The molecular weight excluding hydrogens is 278 g/mol. The number of pyridine rings is 1. The fourth-order valence-corrected chi connectivity index (χ4v) is 3.30. The lowest BCUT2D eigenvalue weighted by Crippen LogP contribution is -2.33. The number of rotatable bonds is 3. The standard InChI is InChI=1S/C13H17N3O3S/c14-8-2-4-11-3-1-5-13(15-11)16-20(17,18)12-6-9-19-10-7-12/h1,3,5,12H,6-10,14H2,(H,15,16). The molecule has 0 aromatic carbocycles. The zero-order chi connectivity index (χ0) is 14.4. The fourth-order valence-electron chi connectivity index (χ4n) is 1.92. The van der Waals surface area contributed by atoms with Gasteiger partial charge in [-0.1, -0.05) is 12.0 Å². The molecule has 0 atom stereocenters. The predicted molar refractivity (Wildman–Crippen MR) is 76.6 cm³/mol. The Labute approximate surface area is 118 Å². The number of hydrogen-bond acceptors (Lipinski definition) is 5. The molecule has 1 aromatic rings. The maximum absolute atomic E-state index is 12.2. The van der Waals surface area contributed by atoms with Gasteiger partial charge in [-0.25, -0.2) is 13.4 Å². The Hall–Kier alpha value is -1.62. The Morgan fingerprint density at radius 1 is 1.40 bits per heavy atom. The van der Waals surface area contributed by atoms with Gasteiger partial charge in [-0.3, -0.25) is 4.72 Å². The highest BCUT2D eigenvalue weighted by atomic mass is 32.2. The molecule has 1 saturated heterocycles. The van der Waals surface area contributed by atoms with Crippen LogP contribution in [0.1, 0.15) is 18.5 Å². The minimum Gasteiger partial charge on any atom is -0.381 e. The van der Waals surface area contributed by atoms with Gasteiger partial charge in [0, 0.05) is 13.2 Å². The van der Waals surface area contributed by atoms with E-state index < -0.39 is 15.3 Å². The Morgan fingerprint density at radius 3 is 2.85 bits per heavy atom. The number of ether oxygens (including phenoxy) is 1. The van der Waals surface area contributed by atoms with Crippen molar-refractivity contribution in [3.05, 3.63) is 23.9 Å². The van der Waals surface area contributed by atoms with Crippen LogP contribution in [0.4, 0.5) is 5.82 Å². The molecule has 1 aromatic heterocycles. The summed E-state index contributed by atoms with van der Waals surface area (Å²) in [6, 6.07) is 5.01. The highest BCUT2D eigenvalue weighted by molar-refractivity contribution is 7.93. The second-order valence-electron chi connectivity index (χ2n) is 4.37. The largest absolute Gasteiger partial charge is 0.381 e. The summed E-state index contributed by atoms with van der Waals surface area (Å²) in [6.07, 6.45) is 1.00. The number of nitrogens with one attached hydrogen (secondary N) is 1. The fraction of sp³-hybridized carbons (Fsp3) is 0.462. The highest BCUT2D eigenvalue weighted by Gasteiger charge is 2.27. The molecule has 1 aliphatic heterocycles. The van der Waals surface area contributed by atoms with Crippen LogP contribution in [0.3, 0.4) is 0 Å². The van der Waals surface area contributed by atoms with E-state index in [4.69, 9.17) is 10.5 Å². The molecule has 108 valence electrons. The van der Waals surface area contributed by atoms with Gasteiger partial charge in [-0.15, -0.1) is 0 Å². The first-order valence-electron chi connectivity index (χ1n) is 6.37. The number of aromatic nitrogens is 1. The van der Waals surface area contributed by atoms with Gasteiger partial charge in [0.25, 0.3) is 0 Å². The van der Waals surface area contributed by atoms with E-state index in [1.165, 1.54) is 0 Å². The van der Waals surface area contributed by atoms with Crippen molar-refractivity contribution in [2.24, 2.45) is 5.73 Å². The third kappa shape index (κ3) is 3.93. The molecule has 0 aliphatic carbocycles. The quantitative estimate of drug-likeness (QED) is 0.783. The van der Waals surface area contributed by atoms with E-state index in [1.54, 1.807) is 18.2 Å². The van der Waals surface area contributed by atoms with Crippen molar-refractivity contribution in [2.75, 3.05) is 24.5 Å². The molecular formula is C13H17N3O3S. The van der Waals surface area contributed by atoms with Crippen molar-refractivity contribution in [1.82, 2.24) is 4.98 Å². The summed E-state index contributed by atoms with van der Waals surface area (Å²) in [5.74, 6) is 5.73. The van der Waals surface area contributed by atoms with Crippen molar-refractivity contribution in [1.29, 1.82) is 0 Å². The van der Waals surface area contributed by atoms with Gasteiger partial charge in [0.1, 0.15) is 11.5 Å². The third-order valence-corrected chi connectivity index (χ3v) is 4.76. The highest BCUT2D eigenvalue weighted by Crippen LogP contribution is 2.18. The van der Waals surface area contributed by atoms with Crippen molar-refractivity contribution in [2.45, 2.75) is 18.1 Å². The average molecular weight is 295 g/mol. The topological polar surface area (TPSA) is 94.3 Å². The van der Waals surface area contributed by atoms with Gasteiger partial charge >= 0.3 is 0 Å². The second kappa shape index (κ2) is 6.70. The van der Waals surface area contributed by atoms with Crippen LogP contribution in [-0.4, -0.2) is 38.4 Å². The van der Waals surface area contributed by atoms with Crippen LogP contribution in [-0.2, 0) is 14.8 Å². The van der Waals surface area contributed by atoms with E-state index in [0.717, 1.165) is 0 Å². The molecule has 0 radical (unpaired) electrons. The first-order valence-corrected chi connectivity index (χ1v) is 7.92. The summed E-state index contributed by atoms with van der Waals surface area (Å²) in [6.45, 7) is 1.18. The van der Waals surface area contributed by atoms with Crippen LogP contribution in [0.15, 0.2) is 18.2 Å². The van der Waals surface area contributed by atoms with E-state index in [1.807, 2.05) is 0 Å². The molecule has 3 N–H and O–H groups in total. The van der Waals surface area contributed by atoms with Crippen LogP contribution >= 0.6 is 0 Å². The molecule has 0 amide bonds. The van der Waals surface area contributed by atoms with Crippen LogP contribution in [0, 0.1) is 11.8 Å². The van der Waals surface area contributed by atoms with Crippen molar-refractivity contribution >= 4 is 15.8 Å². The van der Waals surface area contributed by atoms with E-state index in [-0.39, 0.29) is 12.4 Å². The van der Waals surface area contributed by atoms with E-state index in [9.17, 15) is 8.42 Å². The molecule has 0 bridgehead atoms. The molecule has 1 fully saturated rings. The van der Waals surface area contributed by atoms with E-state index in [0.29, 0.717) is 31.7 Å². The number of anilines is 1. The first-order chi connectivity index (χ1) is 9.62. The summed E-state index contributed by atoms with van der Waals surface area (Å²) in [4.78, 5) is 4.14. The van der Waals surface area contributed by atoms with E-state index >= 15 is 0 Å². The average Bonchev–Trinajstić information content (AvgIpc) is 2.46. The maximum atomic E-state index is 12.2. The normalized spacial score (nSPS) is 16.2. The molecule has 0 spiro atoms. The minimum atomic E-state index is -3.44. The molecule has 2 heterocycles. The number of nitrogens with two attached hydrogens (primary N) is 1. The Balaban J connectivity index is 2.12. The Kier molecular flexibility index (Phi) is 4.95. The van der Waals surface area contributed by atoms with Gasteiger partial charge in [-0.05, 0) is 30.9 Å². The number of nitrogens with zero attached hydrogens (tertiary/aromatic N) is 1. The molecule has 7 heteroatoms. The SMILES string of the molecule is NCC#Cc1cccc(NS(=O)(=O)C2CCOCC2)n1. The van der Waals surface area contributed by atoms with Crippen molar-refractivity contribution < 1.29 is 13.2 Å². The summed E-state index contributed by atoms with van der Waals surface area (Å²) >= 11 is 0. The number of hydrogen-bond donors (Lipinski definition) is 2. The van der Waals surface area contributed by atoms with Crippen LogP contribution < -0.4 is 10.5 Å². The van der Waals surface area contributed by atoms with Gasteiger partial charge < -0.3 is 10.5 Å². The predicted octanol–water partition coefficient (Wildman–Crippen LogP) is 0.312. The lowest BCUT2D eigenvalue weighted by Gasteiger charge is -2.22. The van der Waals surface area contributed by atoms with E-state index in [2.05, 4.69) is 21.5 Å². The smallest absolute Gasteiger partial charge is 0.236 e. The summed E-state index contributed by atoms with van der Waals surface area (Å²) in [5, 5.41) is -0.433. The molecule has 0 saturated carbocycles. The molecule has 0 unspecified atom stereocenters. The maximum Gasteiger partial charge on any atom is 0.236 e. The summed E-state index contributed by atoms with van der Waals surface area (Å²) in [7, 11) is -3.44. The lowest BCUT2D eigenvalue weighted by molar-refractivity contribution is 0.0984. The molecule has 1 aliphatic rings. The Bertz CT molecular complexity index is 613. The zero-order valence-electron chi connectivity index (χ0n) is 11.0. The lowest BCUT2D eigenvalue weighted by atomic mass is 10.2. The summed E-state index contributed by atoms with van der Waals surface area (Å²) < 4.78 is 32.1. The van der Waals surface area contributed by atoms with Gasteiger partial charge in [0.05, 0.1) is 11.8 Å². The van der Waals surface area contributed by atoms with Gasteiger partial charge in [0.15, 0.2) is 0 Å². The van der Waals surface area contributed by atoms with Gasteiger partial charge in [0.2, 0.25) is 10.0 Å². The molecule has 6 nitrogen and oxygen atoms in total. The second-order valence-corrected chi connectivity index (χ2v) is 6.33. The molecule has 2 rings (SSSR count). The minimum absolute atomic E-state index is 0.236. The monoisotopic (exact) mass is 295 g/mol. The number of sulfonamides is 1. The molecule has 20 heavy (non-hydrogen) atoms. The van der Waals surface area contributed by atoms with Crippen LogP contribution in [0.2, 0.25) is 0 Å². The zero-order valence-corrected chi connectivity index (χ0v) is 11.8.